The minimum absolute atomic E-state index is 0.0450. The third-order valence-corrected chi connectivity index (χ3v) is 10.9. The smallest absolute Gasteiger partial charge is 0.306 e. The number of carbonyl (C=O) groups excluding carboxylic acids is 4. The molecule has 280 valence electrons. The monoisotopic (exact) mass is 707 g/mol. The molecule has 0 N–H and O–H groups in total. The zero-order chi connectivity index (χ0) is 37.5. The summed E-state index contributed by atoms with van der Waals surface area (Å²) < 4.78 is 5.27. The lowest BCUT2D eigenvalue weighted by atomic mass is 9.86. The van der Waals surface area contributed by atoms with E-state index in [1.54, 1.807) is 11.8 Å². The first-order valence-corrected chi connectivity index (χ1v) is 19.8. The van der Waals surface area contributed by atoms with Gasteiger partial charge in [-0.15, -0.1) is 0 Å². The van der Waals surface area contributed by atoms with E-state index in [1.165, 1.54) is 42.0 Å². The molecule has 4 rings (SSSR count). The Bertz CT molecular complexity index is 1630. The van der Waals surface area contributed by atoms with Crippen LogP contribution < -0.4 is 0 Å². The Morgan fingerprint density at radius 1 is 0.962 bits per heavy atom. The second-order valence-electron chi connectivity index (χ2n) is 14.7. The van der Waals surface area contributed by atoms with Gasteiger partial charge in [-0.3, -0.25) is 19.2 Å². The van der Waals surface area contributed by atoms with Gasteiger partial charge in [0.1, 0.15) is 5.78 Å². The second-order valence-corrected chi connectivity index (χ2v) is 14.7. The number of nitrogens with zero attached hydrogens (tertiary/aromatic N) is 1. The van der Waals surface area contributed by atoms with E-state index < -0.39 is 17.9 Å². The summed E-state index contributed by atoms with van der Waals surface area (Å²) in [6, 6.07) is 14.2. The maximum absolute atomic E-state index is 14.1. The zero-order valence-electron chi connectivity index (χ0n) is 32.4. The van der Waals surface area contributed by atoms with Gasteiger partial charge in [0, 0.05) is 25.3 Å². The van der Waals surface area contributed by atoms with Crippen LogP contribution in [0, 0.1) is 12.8 Å². The first-order valence-electron chi connectivity index (χ1n) is 19.8. The SMILES string of the molecule is CC=C(CCC(CC(=O)OCC)C(=O)CC(C(C)=O)N(CCC1=CC=CCC1)C(=O)CCCCc1ccc(C2CC2)cc1CC)c1ccccc1C. The standard InChI is InChI=1S/C46H61NO5/c1-6-36(42-20-14-12-16-33(42)4)22-27-41(31-46(51)52-8-3)44(49)32-43(34(5)48)47(29-28-35-17-10-9-11-18-35)45(50)21-15-13-19-38-25-26-40(39-23-24-39)30-37(38)7-2/h6,9-10,12,14,16-17,20,25-26,30,39,41,43H,7-8,11,13,15,18-19,21-24,27-29,31-32H2,1-5H3. The number of hydrogen-bond acceptors (Lipinski definition) is 5. The Morgan fingerprint density at radius 3 is 2.40 bits per heavy atom. The van der Waals surface area contributed by atoms with Gasteiger partial charge in [0.15, 0.2) is 5.78 Å². The second kappa shape index (κ2) is 20.8. The average molecular weight is 708 g/mol. The molecular weight excluding hydrogens is 647 g/mol. The zero-order valence-corrected chi connectivity index (χ0v) is 32.4. The van der Waals surface area contributed by atoms with Crippen LogP contribution in [0.4, 0.5) is 0 Å². The average Bonchev–Trinajstić information content (AvgIpc) is 4.00. The predicted molar refractivity (Wildman–Crippen MR) is 211 cm³/mol. The number of benzene rings is 2. The van der Waals surface area contributed by atoms with Gasteiger partial charge in [0.2, 0.25) is 5.91 Å². The van der Waals surface area contributed by atoms with Crippen LogP contribution in [0.25, 0.3) is 5.57 Å². The molecule has 52 heavy (non-hydrogen) atoms. The molecule has 0 bridgehead atoms. The van der Waals surface area contributed by atoms with Gasteiger partial charge in [-0.1, -0.05) is 79.3 Å². The molecule has 0 aliphatic heterocycles. The van der Waals surface area contributed by atoms with Crippen molar-refractivity contribution < 1.29 is 23.9 Å². The van der Waals surface area contributed by atoms with Crippen LogP contribution in [0.5, 0.6) is 0 Å². The first-order chi connectivity index (χ1) is 25.1. The lowest BCUT2D eigenvalue weighted by Crippen LogP contribution is -2.46. The molecule has 0 aromatic heterocycles. The van der Waals surface area contributed by atoms with E-state index in [0.717, 1.165) is 54.7 Å². The highest BCUT2D eigenvalue weighted by atomic mass is 16.5. The third kappa shape index (κ3) is 12.3. The van der Waals surface area contributed by atoms with Crippen molar-refractivity contribution in [2.24, 2.45) is 5.92 Å². The lowest BCUT2D eigenvalue weighted by Gasteiger charge is -2.31. The van der Waals surface area contributed by atoms with Crippen molar-refractivity contribution in [3.05, 3.63) is 100 Å². The van der Waals surface area contributed by atoms with E-state index in [0.29, 0.717) is 38.6 Å². The quantitative estimate of drug-likeness (QED) is 0.0899. The maximum atomic E-state index is 14.1. The summed E-state index contributed by atoms with van der Waals surface area (Å²) in [5.74, 6) is -0.773. The fraction of sp³-hybridized carbons (Fsp3) is 0.522. The molecule has 2 aliphatic carbocycles. The fourth-order valence-electron chi connectivity index (χ4n) is 7.53. The van der Waals surface area contributed by atoms with E-state index in [9.17, 15) is 19.2 Å². The van der Waals surface area contributed by atoms with Crippen molar-refractivity contribution in [1.29, 1.82) is 0 Å². The Balaban J connectivity index is 1.47. The van der Waals surface area contributed by atoms with E-state index in [2.05, 4.69) is 68.5 Å². The van der Waals surface area contributed by atoms with E-state index >= 15 is 0 Å². The molecule has 2 unspecified atom stereocenters. The number of Topliss-reactive ketones (excluding diaryl/α,β-unsaturated/α-hetero) is 2. The van der Waals surface area contributed by atoms with Crippen LogP contribution in [-0.2, 0) is 36.8 Å². The molecule has 2 aromatic rings. The van der Waals surface area contributed by atoms with Crippen LogP contribution in [-0.4, -0.2) is 47.5 Å². The van der Waals surface area contributed by atoms with Gasteiger partial charge in [0.05, 0.1) is 19.1 Å². The normalized spacial score (nSPS) is 15.5. The molecule has 1 amide bonds. The van der Waals surface area contributed by atoms with Gasteiger partial charge in [-0.25, -0.2) is 0 Å². The Kier molecular flexibility index (Phi) is 16.3. The highest BCUT2D eigenvalue weighted by molar-refractivity contribution is 5.94. The molecule has 0 spiro atoms. The van der Waals surface area contributed by atoms with Crippen molar-refractivity contribution in [2.45, 2.75) is 136 Å². The summed E-state index contributed by atoms with van der Waals surface area (Å²) in [4.78, 5) is 55.9. The minimum Gasteiger partial charge on any atom is -0.466 e. The largest absolute Gasteiger partial charge is 0.466 e. The molecule has 2 atom stereocenters. The van der Waals surface area contributed by atoms with Gasteiger partial charge >= 0.3 is 5.97 Å². The van der Waals surface area contributed by atoms with Crippen molar-refractivity contribution in [3.8, 4) is 0 Å². The van der Waals surface area contributed by atoms with Crippen molar-refractivity contribution >= 4 is 29.0 Å². The minimum atomic E-state index is -0.872. The molecule has 2 aromatic carbocycles. The van der Waals surface area contributed by atoms with E-state index in [4.69, 9.17) is 4.74 Å². The number of ketones is 2. The number of carbonyl (C=O) groups is 4. The van der Waals surface area contributed by atoms with Crippen molar-refractivity contribution in [2.75, 3.05) is 13.2 Å². The van der Waals surface area contributed by atoms with Crippen LogP contribution >= 0.6 is 0 Å². The van der Waals surface area contributed by atoms with Gasteiger partial charge < -0.3 is 9.64 Å². The molecule has 0 saturated heterocycles. The predicted octanol–water partition coefficient (Wildman–Crippen LogP) is 10.0. The number of ether oxygens (including phenoxy) is 1. The maximum Gasteiger partial charge on any atom is 0.306 e. The molecule has 2 aliphatic rings. The van der Waals surface area contributed by atoms with Crippen LogP contribution in [0.1, 0.15) is 138 Å². The highest BCUT2D eigenvalue weighted by Gasteiger charge is 2.33. The molecule has 6 heteroatoms. The topological polar surface area (TPSA) is 80.8 Å². The number of hydrogen-bond donors (Lipinski definition) is 0. The fourth-order valence-corrected chi connectivity index (χ4v) is 7.53. The van der Waals surface area contributed by atoms with Crippen molar-refractivity contribution in [3.63, 3.8) is 0 Å². The summed E-state index contributed by atoms with van der Waals surface area (Å²) in [6.45, 7) is 10.1. The molecule has 0 radical (unpaired) electrons. The number of allylic oxidation sites excluding steroid dienone is 5. The summed E-state index contributed by atoms with van der Waals surface area (Å²) in [7, 11) is 0. The number of rotatable bonds is 22. The van der Waals surface area contributed by atoms with Crippen LogP contribution in [0.3, 0.4) is 0 Å². The number of unbranched alkanes of at least 4 members (excludes halogenated alkanes) is 1. The third-order valence-electron chi connectivity index (χ3n) is 10.9. The summed E-state index contributed by atoms with van der Waals surface area (Å²) in [5, 5.41) is 0. The number of esters is 1. The van der Waals surface area contributed by atoms with Gasteiger partial charge in [-0.2, -0.15) is 0 Å². The van der Waals surface area contributed by atoms with Crippen molar-refractivity contribution in [1.82, 2.24) is 4.90 Å². The van der Waals surface area contributed by atoms with E-state index in [1.807, 2.05) is 19.1 Å². The molecule has 1 fully saturated rings. The highest BCUT2D eigenvalue weighted by Crippen LogP contribution is 2.40. The van der Waals surface area contributed by atoms with Gasteiger partial charge in [-0.05, 0) is 138 Å². The van der Waals surface area contributed by atoms with Crippen LogP contribution in [0.15, 0.2) is 72.3 Å². The first kappa shape index (κ1) is 40.7. The van der Waals surface area contributed by atoms with Gasteiger partial charge in [0.25, 0.3) is 0 Å². The number of aryl methyl sites for hydroxylation is 3. The molecular formula is C46H61NO5. The van der Waals surface area contributed by atoms with E-state index in [-0.39, 0.29) is 36.9 Å². The molecule has 0 heterocycles. The Hall–Kier alpha value is -4.06. The Labute approximate surface area is 312 Å². The number of amides is 1. The Morgan fingerprint density at radius 2 is 1.75 bits per heavy atom. The summed E-state index contributed by atoms with van der Waals surface area (Å²) in [5.41, 5.74) is 8.84. The molecule has 1 saturated carbocycles. The molecule has 6 nitrogen and oxygen atoms in total. The summed E-state index contributed by atoms with van der Waals surface area (Å²) >= 11 is 0. The summed E-state index contributed by atoms with van der Waals surface area (Å²) in [6.07, 6.45) is 18.2. The lowest BCUT2D eigenvalue weighted by molar-refractivity contribution is -0.147. The van der Waals surface area contributed by atoms with Crippen LogP contribution in [0.2, 0.25) is 0 Å².